The van der Waals surface area contributed by atoms with Crippen molar-refractivity contribution in [2.24, 2.45) is 16.8 Å². The number of benzene rings is 1. The molecular formula is C24H29F2N5O. The Morgan fingerprint density at radius 1 is 1.16 bits per heavy atom. The van der Waals surface area contributed by atoms with Crippen LogP contribution < -0.4 is 15.5 Å². The number of hydrogen-bond donors (Lipinski definition) is 2. The molecule has 2 N–H and O–H groups in total. The van der Waals surface area contributed by atoms with E-state index in [4.69, 9.17) is 9.72 Å². The Morgan fingerprint density at radius 2 is 2.00 bits per heavy atom. The van der Waals surface area contributed by atoms with Gasteiger partial charge in [-0.2, -0.15) is 0 Å². The molecule has 2 saturated heterocycles. The van der Waals surface area contributed by atoms with Crippen molar-refractivity contribution in [3.63, 3.8) is 0 Å². The van der Waals surface area contributed by atoms with Gasteiger partial charge in [0.05, 0.1) is 11.2 Å². The van der Waals surface area contributed by atoms with Gasteiger partial charge >= 0.3 is 0 Å². The molecule has 0 radical (unpaired) electrons. The number of fused-ring (bicyclic) bond motifs is 2. The van der Waals surface area contributed by atoms with Crippen molar-refractivity contribution in [3.8, 4) is 0 Å². The maximum Gasteiger partial charge on any atom is 0.188 e. The summed E-state index contributed by atoms with van der Waals surface area (Å²) in [6.07, 6.45) is 4.39. The van der Waals surface area contributed by atoms with Crippen LogP contribution in [0.3, 0.4) is 0 Å². The first-order valence-corrected chi connectivity index (χ1v) is 11.4. The van der Waals surface area contributed by atoms with Gasteiger partial charge in [0, 0.05) is 49.4 Å². The molecule has 4 heterocycles. The van der Waals surface area contributed by atoms with Gasteiger partial charge in [0.1, 0.15) is 6.61 Å². The zero-order valence-electron chi connectivity index (χ0n) is 18.3. The SMILES string of the molecule is CNCCOC1=NC=C(c2cc(N3CC4CCNCC4C3)c3cc(F)c(F)cc3n2)CC1. The lowest BCUT2D eigenvalue weighted by Crippen LogP contribution is -2.35. The van der Waals surface area contributed by atoms with Crippen LogP contribution in [0.25, 0.3) is 16.5 Å². The molecule has 0 amide bonds. The van der Waals surface area contributed by atoms with Gasteiger partial charge in [-0.05, 0) is 62.5 Å². The zero-order valence-corrected chi connectivity index (χ0v) is 18.3. The second kappa shape index (κ2) is 9.11. The van der Waals surface area contributed by atoms with Crippen LogP contribution in [-0.2, 0) is 4.74 Å². The van der Waals surface area contributed by atoms with E-state index in [0.717, 1.165) is 62.5 Å². The molecule has 0 aliphatic carbocycles. The fourth-order valence-electron chi connectivity index (χ4n) is 4.99. The molecule has 170 valence electrons. The lowest BCUT2D eigenvalue weighted by molar-refractivity contribution is 0.296. The Balaban J connectivity index is 1.50. The average molecular weight is 442 g/mol. The van der Waals surface area contributed by atoms with Crippen molar-refractivity contribution >= 4 is 28.1 Å². The van der Waals surface area contributed by atoms with Gasteiger partial charge in [-0.25, -0.2) is 18.8 Å². The number of aliphatic imine (C=N–C) groups is 1. The summed E-state index contributed by atoms with van der Waals surface area (Å²) >= 11 is 0. The van der Waals surface area contributed by atoms with Gasteiger partial charge in [0.25, 0.3) is 0 Å². The molecule has 0 bridgehead atoms. The van der Waals surface area contributed by atoms with E-state index in [1.54, 1.807) is 6.20 Å². The van der Waals surface area contributed by atoms with Crippen LogP contribution in [0.1, 0.15) is 25.0 Å². The Hall–Kier alpha value is -2.58. The molecular weight excluding hydrogens is 412 g/mol. The lowest BCUT2D eigenvalue weighted by Gasteiger charge is -2.23. The van der Waals surface area contributed by atoms with Gasteiger partial charge < -0.3 is 20.3 Å². The minimum absolute atomic E-state index is 0.477. The molecule has 3 aliphatic rings. The highest BCUT2D eigenvalue weighted by Gasteiger charge is 2.35. The normalized spacial score (nSPS) is 23.2. The van der Waals surface area contributed by atoms with Crippen molar-refractivity contribution in [1.82, 2.24) is 15.6 Å². The first kappa shape index (κ1) is 21.3. The number of ether oxygens (including phenoxy) is 1. The number of rotatable bonds is 5. The summed E-state index contributed by atoms with van der Waals surface area (Å²) in [5.74, 6) is 0.217. The minimum atomic E-state index is -0.872. The van der Waals surface area contributed by atoms with E-state index < -0.39 is 11.6 Å². The van der Waals surface area contributed by atoms with E-state index in [1.165, 1.54) is 12.1 Å². The highest BCUT2D eigenvalue weighted by Crippen LogP contribution is 2.38. The van der Waals surface area contributed by atoms with Gasteiger partial charge in [-0.3, -0.25) is 0 Å². The summed E-state index contributed by atoms with van der Waals surface area (Å²) in [6.45, 7) is 5.24. The molecule has 1 aromatic carbocycles. The number of allylic oxidation sites excluding steroid dienone is 1. The van der Waals surface area contributed by atoms with Crippen LogP contribution in [0.2, 0.25) is 0 Å². The molecule has 5 rings (SSSR count). The minimum Gasteiger partial charge on any atom is -0.479 e. The summed E-state index contributed by atoms with van der Waals surface area (Å²) < 4.78 is 33.9. The first-order chi connectivity index (χ1) is 15.6. The van der Waals surface area contributed by atoms with Crippen LogP contribution in [0, 0.1) is 23.5 Å². The molecule has 2 atom stereocenters. The maximum atomic E-state index is 14.2. The Morgan fingerprint density at radius 3 is 2.78 bits per heavy atom. The summed E-state index contributed by atoms with van der Waals surface area (Å²) in [5.41, 5.74) is 3.16. The van der Waals surface area contributed by atoms with Gasteiger partial charge in [0.15, 0.2) is 17.5 Å². The van der Waals surface area contributed by atoms with E-state index in [1.807, 2.05) is 13.1 Å². The maximum absolute atomic E-state index is 14.2. The summed E-state index contributed by atoms with van der Waals surface area (Å²) in [5, 5.41) is 7.19. The molecule has 6 nitrogen and oxygen atoms in total. The number of halogens is 2. The van der Waals surface area contributed by atoms with Crippen LogP contribution in [0.15, 0.2) is 29.4 Å². The largest absolute Gasteiger partial charge is 0.479 e. The van der Waals surface area contributed by atoms with Gasteiger partial charge in [-0.1, -0.05) is 0 Å². The Kier molecular flexibility index (Phi) is 6.06. The number of aromatic nitrogens is 1. The zero-order chi connectivity index (χ0) is 22.1. The summed E-state index contributed by atoms with van der Waals surface area (Å²) in [4.78, 5) is 11.5. The molecule has 2 aromatic rings. The predicted molar refractivity (Wildman–Crippen MR) is 123 cm³/mol. The number of nitrogens with one attached hydrogen (secondary N) is 2. The van der Waals surface area contributed by atoms with Crippen molar-refractivity contribution < 1.29 is 13.5 Å². The van der Waals surface area contributed by atoms with Crippen molar-refractivity contribution in [2.75, 3.05) is 51.3 Å². The lowest BCUT2D eigenvalue weighted by atomic mass is 9.90. The Bertz CT molecular complexity index is 1060. The first-order valence-electron chi connectivity index (χ1n) is 11.4. The van der Waals surface area contributed by atoms with Crippen molar-refractivity contribution in [1.29, 1.82) is 0 Å². The number of anilines is 1. The number of nitrogens with zero attached hydrogens (tertiary/aromatic N) is 3. The quantitative estimate of drug-likeness (QED) is 0.697. The van der Waals surface area contributed by atoms with Gasteiger partial charge in [-0.15, -0.1) is 0 Å². The van der Waals surface area contributed by atoms with Gasteiger partial charge in [0.2, 0.25) is 0 Å². The van der Waals surface area contributed by atoms with E-state index in [-0.39, 0.29) is 0 Å². The third kappa shape index (κ3) is 4.21. The second-order valence-electron chi connectivity index (χ2n) is 8.86. The number of piperidine rings is 1. The fourth-order valence-corrected chi connectivity index (χ4v) is 4.99. The van der Waals surface area contributed by atoms with E-state index in [2.05, 4.69) is 20.5 Å². The number of likely N-dealkylation sites (N-methyl/N-ethyl adjacent to an activating group) is 1. The van der Waals surface area contributed by atoms with Crippen LogP contribution >= 0.6 is 0 Å². The monoisotopic (exact) mass is 441 g/mol. The highest BCUT2D eigenvalue weighted by atomic mass is 19.2. The van der Waals surface area contributed by atoms with E-state index >= 15 is 0 Å². The molecule has 2 fully saturated rings. The third-order valence-corrected chi connectivity index (χ3v) is 6.77. The topological polar surface area (TPSA) is 61.8 Å². The van der Waals surface area contributed by atoms with E-state index in [0.29, 0.717) is 41.7 Å². The molecule has 3 aliphatic heterocycles. The molecule has 8 heteroatoms. The van der Waals surface area contributed by atoms with E-state index in [9.17, 15) is 8.78 Å². The Labute approximate surface area is 186 Å². The van der Waals surface area contributed by atoms with Crippen molar-refractivity contribution in [2.45, 2.75) is 19.3 Å². The van der Waals surface area contributed by atoms with Crippen molar-refractivity contribution in [3.05, 3.63) is 41.7 Å². The molecule has 0 spiro atoms. The molecule has 2 unspecified atom stereocenters. The van der Waals surface area contributed by atoms with Crippen LogP contribution in [0.5, 0.6) is 0 Å². The predicted octanol–water partition coefficient (Wildman–Crippen LogP) is 3.33. The van der Waals surface area contributed by atoms with Crippen LogP contribution in [0.4, 0.5) is 14.5 Å². The highest BCUT2D eigenvalue weighted by molar-refractivity contribution is 5.94. The standard InChI is InChI=1S/C24H29F2N5O/c1-27-6-7-32-24-3-2-15(12-29-24)21-10-23(18-8-19(25)20(26)9-22(18)30-21)31-13-16-4-5-28-11-17(16)14-31/h8-10,12,16-17,27-28H,2-7,11,13-14H2,1H3. The molecule has 0 saturated carbocycles. The third-order valence-electron chi connectivity index (χ3n) is 6.77. The summed E-state index contributed by atoms with van der Waals surface area (Å²) in [7, 11) is 1.88. The second-order valence-corrected chi connectivity index (χ2v) is 8.86. The van der Waals surface area contributed by atoms with Crippen LogP contribution in [-0.4, -0.2) is 57.3 Å². The number of pyridine rings is 1. The summed E-state index contributed by atoms with van der Waals surface area (Å²) in [6, 6.07) is 4.53. The smallest absolute Gasteiger partial charge is 0.188 e. The molecule has 32 heavy (non-hydrogen) atoms. The number of hydrogen-bond acceptors (Lipinski definition) is 6. The fraction of sp³-hybridized carbons (Fsp3) is 0.500. The average Bonchev–Trinajstić information content (AvgIpc) is 3.24. The molecule has 1 aromatic heterocycles.